The fourth-order valence-electron chi connectivity index (χ4n) is 4.00. The zero-order valence-corrected chi connectivity index (χ0v) is 28.3. The molecule has 0 aliphatic rings. The van der Waals surface area contributed by atoms with Gasteiger partial charge in [0.1, 0.15) is 11.4 Å². The topological polar surface area (TPSA) is 125 Å². The third-order valence-electron chi connectivity index (χ3n) is 6.13. The van der Waals surface area contributed by atoms with E-state index in [1.165, 1.54) is 0 Å². The quantitative estimate of drug-likeness (QED) is 0.0634. The van der Waals surface area contributed by atoms with E-state index in [1.807, 2.05) is 133 Å². The van der Waals surface area contributed by atoms with Gasteiger partial charge in [0.05, 0.1) is 34.2 Å². The van der Waals surface area contributed by atoms with E-state index in [1.54, 1.807) is 24.8 Å². The van der Waals surface area contributed by atoms with Gasteiger partial charge >= 0.3 is 17.1 Å². The normalized spacial score (nSPS) is 10.7. The van der Waals surface area contributed by atoms with Crippen molar-refractivity contribution in [3.63, 3.8) is 0 Å². The first-order valence-electron chi connectivity index (χ1n) is 14.6. The monoisotopic (exact) mass is 727 g/mol. The number of hydrazone groups is 2. The van der Waals surface area contributed by atoms with E-state index in [-0.39, 0.29) is 27.4 Å². The molecule has 245 valence electrons. The number of hydrogen-bond acceptors (Lipinski definition) is 10. The number of pyridine rings is 4. The van der Waals surface area contributed by atoms with Crippen molar-refractivity contribution in [1.82, 2.24) is 30.8 Å². The average molecular weight is 728 g/mol. The van der Waals surface area contributed by atoms with Gasteiger partial charge in [-0.2, -0.15) is 10.2 Å². The van der Waals surface area contributed by atoms with Crippen LogP contribution in [0.3, 0.4) is 0 Å². The van der Waals surface area contributed by atoms with Crippen molar-refractivity contribution in [1.29, 1.82) is 0 Å². The van der Waals surface area contributed by atoms with E-state index < -0.39 is 0 Å². The van der Waals surface area contributed by atoms with Crippen LogP contribution in [0.25, 0.3) is 0 Å². The number of nitrogens with one attached hydrogen (secondary N) is 2. The van der Waals surface area contributed by atoms with Crippen LogP contribution >= 0.6 is 0 Å². The molecule has 0 saturated heterocycles. The average Bonchev–Trinajstić information content (AvgIpc) is 3.15. The van der Waals surface area contributed by atoms with Gasteiger partial charge in [-0.25, -0.2) is 0 Å². The molecule has 0 aliphatic heterocycles. The minimum Gasteiger partial charge on any atom is -0.741 e. The van der Waals surface area contributed by atoms with Crippen molar-refractivity contribution in [2.24, 2.45) is 20.2 Å². The summed E-state index contributed by atoms with van der Waals surface area (Å²) in [5.74, 6) is 0. The SMILES string of the molecule is [Cu+2].[S-]C(=Nc1ccccc1)NN=C(c1ccccn1)c1ccccn1.[S-]C(=Nc1ccccc1)NN=C(c1ccccn1)c1ccccn1. The van der Waals surface area contributed by atoms with Crippen LogP contribution in [0.2, 0.25) is 0 Å². The molecule has 6 aromatic rings. The van der Waals surface area contributed by atoms with Gasteiger partial charge in [0.2, 0.25) is 0 Å². The van der Waals surface area contributed by atoms with Crippen molar-refractivity contribution in [3.8, 4) is 0 Å². The van der Waals surface area contributed by atoms with E-state index in [4.69, 9.17) is 25.3 Å². The van der Waals surface area contributed by atoms with Crippen molar-refractivity contribution in [2.75, 3.05) is 0 Å². The van der Waals surface area contributed by atoms with E-state index in [0.717, 1.165) is 11.4 Å². The standard InChI is InChI=1S/2C18H15N5S.Cu/c2*24-18(21-14-8-2-1-3-9-14)23-22-17(15-10-4-6-12-19-15)16-11-5-7-13-20-16;/h2*1-13H,(H2,21,23,24);/q;;+2/p-2. The molecule has 0 atom stereocenters. The third-order valence-corrected chi connectivity index (χ3v) is 6.50. The van der Waals surface area contributed by atoms with E-state index >= 15 is 0 Å². The third kappa shape index (κ3) is 11.8. The molecule has 2 N–H and O–H groups in total. The number of benzene rings is 2. The Hall–Kier alpha value is -5.72. The Balaban J connectivity index is 0.000000216. The van der Waals surface area contributed by atoms with Crippen molar-refractivity contribution < 1.29 is 17.1 Å². The number of para-hydroxylation sites is 2. The predicted molar refractivity (Wildman–Crippen MR) is 196 cm³/mol. The molecule has 0 amide bonds. The molecule has 0 aliphatic carbocycles. The van der Waals surface area contributed by atoms with Crippen LogP contribution in [0.5, 0.6) is 0 Å². The molecule has 0 spiro atoms. The molecule has 0 saturated carbocycles. The maximum atomic E-state index is 5.23. The molecule has 6 rings (SSSR count). The first-order chi connectivity index (χ1) is 23.7. The molecule has 0 fully saturated rings. The van der Waals surface area contributed by atoms with Gasteiger partial charge < -0.3 is 25.3 Å². The molecule has 2 aromatic carbocycles. The van der Waals surface area contributed by atoms with Crippen molar-refractivity contribution in [2.45, 2.75) is 0 Å². The Morgan fingerprint density at radius 2 is 0.694 bits per heavy atom. The number of hydrogen-bond donors (Lipinski definition) is 2. The van der Waals surface area contributed by atoms with Crippen LogP contribution in [-0.4, -0.2) is 41.7 Å². The number of nitrogens with zero attached hydrogens (tertiary/aromatic N) is 8. The minimum absolute atomic E-state index is 0. The summed E-state index contributed by atoms with van der Waals surface area (Å²) in [7, 11) is 0. The van der Waals surface area contributed by atoms with Crippen LogP contribution in [0.1, 0.15) is 22.8 Å². The molecular formula is C36H28CuN10S2. The number of amidine groups is 2. The molecule has 49 heavy (non-hydrogen) atoms. The molecule has 4 aromatic heterocycles. The summed E-state index contributed by atoms with van der Waals surface area (Å²) in [4.78, 5) is 25.9. The molecule has 10 nitrogen and oxygen atoms in total. The summed E-state index contributed by atoms with van der Waals surface area (Å²) < 4.78 is 0. The van der Waals surface area contributed by atoms with Crippen LogP contribution in [-0.2, 0) is 42.3 Å². The molecule has 1 radical (unpaired) electrons. The van der Waals surface area contributed by atoms with Gasteiger partial charge in [-0.3, -0.25) is 40.8 Å². The number of rotatable bonds is 8. The summed E-state index contributed by atoms with van der Waals surface area (Å²) in [5, 5.41) is 9.27. The summed E-state index contributed by atoms with van der Waals surface area (Å²) in [6.07, 6.45) is 6.84. The Bertz CT molecular complexity index is 1740. The smallest absolute Gasteiger partial charge is 0.741 e. The molecule has 4 heterocycles. The largest absolute Gasteiger partial charge is 2.00 e. The fraction of sp³-hybridized carbons (Fsp3) is 0. The maximum Gasteiger partial charge on any atom is 2.00 e. The zero-order chi connectivity index (χ0) is 33.2. The van der Waals surface area contributed by atoms with Crippen molar-refractivity contribution in [3.05, 3.63) is 181 Å². The van der Waals surface area contributed by atoms with Gasteiger partial charge in [-0.15, -0.1) is 0 Å². The van der Waals surface area contributed by atoms with Gasteiger partial charge in [-0.05, 0) is 72.8 Å². The second-order valence-corrected chi connectivity index (χ2v) is 10.3. The molecular weight excluding hydrogens is 700 g/mol. The van der Waals surface area contributed by atoms with Crippen LogP contribution in [0.15, 0.2) is 178 Å². The summed E-state index contributed by atoms with van der Waals surface area (Å²) >= 11 is 10.5. The van der Waals surface area contributed by atoms with Crippen LogP contribution in [0.4, 0.5) is 11.4 Å². The Morgan fingerprint density at radius 1 is 0.408 bits per heavy atom. The van der Waals surface area contributed by atoms with Gasteiger partial charge in [0.15, 0.2) is 0 Å². The Kier molecular flexibility index (Phi) is 14.6. The second kappa shape index (κ2) is 19.8. The Morgan fingerprint density at radius 3 is 0.959 bits per heavy atom. The predicted octanol–water partition coefficient (Wildman–Crippen LogP) is 6.10. The van der Waals surface area contributed by atoms with Crippen molar-refractivity contribution >= 4 is 58.4 Å². The summed E-state index contributed by atoms with van der Waals surface area (Å²) in [5.41, 5.74) is 11.1. The molecule has 0 bridgehead atoms. The van der Waals surface area contributed by atoms with Gasteiger partial charge in [-0.1, -0.05) is 60.7 Å². The van der Waals surface area contributed by atoms with E-state index in [2.05, 4.69) is 51.0 Å². The fourth-order valence-corrected chi connectivity index (χ4v) is 4.30. The first-order valence-corrected chi connectivity index (χ1v) is 15.4. The maximum absolute atomic E-state index is 5.23. The summed E-state index contributed by atoms with van der Waals surface area (Å²) in [6, 6.07) is 41.4. The number of aromatic nitrogens is 4. The van der Waals surface area contributed by atoms with E-state index in [0.29, 0.717) is 34.2 Å². The minimum atomic E-state index is 0. The second-order valence-electron chi connectivity index (χ2n) is 9.51. The first kappa shape index (κ1) is 36.1. The van der Waals surface area contributed by atoms with Gasteiger partial charge in [0.25, 0.3) is 0 Å². The van der Waals surface area contributed by atoms with Crippen LogP contribution < -0.4 is 10.9 Å². The molecule has 13 heteroatoms. The van der Waals surface area contributed by atoms with Crippen LogP contribution in [0, 0.1) is 0 Å². The Labute approximate surface area is 306 Å². The van der Waals surface area contributed by atoms with Gasteiger partial charge in [0, 0.05) is 35.1 Å². The van der Waals surface area contributed by atoms with E-state index in [9.17, 15) is 0 Å². The summed E-state index contributed by atoms with van der Waals surface area (Å²) in [6.45, 7) is 0. The zero-order valence-electron chi connectivity index (χ0n) is 25.7. The number of aliphatic imine (C=N–C) groups is 2. The molecule has 0 unspecified atom stereocenters.